The second kappa shape index (κ2) is 9.12. The van der Waals surface area contributed by atoms with Gasteiger partial charge in [0.2, 0.25) is 15.9 Å². The second-order valence-corrected chi connectivity index (χ2v) is 10.1. The highest BCUT2D eigenvalue weighted by molar-refractivity contribution is 7.89. The van der Waals surface area contributed by atoms with Gasteiger partial charge in [-0.2, -0.15) is 4.31 Å². The molecule has 6 nitrogen and oxygen atoms in total. The molecule has 8 heteroatoms. The van der Waals surface area contributed by atoms with Crippen LogP contribution in [0.3, 0.4) is 0 Å². The van der Waals surface area contributed by atoms with Gasteiger partial charge in [0.25, 0.3) is 0 Å². The Morgan fingerprint density at radius 2 is 1.81 bits per heavy atom. The number of halogens is 1. The number of hydrogen-bond donors (Lipinski definition) is 2. The number of quaternary nitrogens is 1. The van der Waals surface area contributed by atoms with Crippen LogP contribution in [0.15, 0.2) is 29.2 Å². The fourth-order valence-electron chi connectivity index (χ4n) is 3.11. The largest absolute Gasteiger partial charge is 0.356 e. The van der Waals surface area contributed by atoms with Crippen LogP contribution in [-0.2, 0) is 14.8 Å². The minimum atomic E-state index is -3.64. The van der Waals surface area contributed by atoms with E-state index in [9.17, 15) is 17.6 Å². The Bertz CT molecular complexity index is 722. The molecule has 0 aliphatic carbocycles. The summed E-state index contributed by atoms with van der Waals surface area (Å²) in [6.45, 7) is 8.65. The van der Waals surface area contributed by atoms with E-state index in [1.54, 1.807) is 0 Å². The predicted octanol–water partition coefficient (Wildman–Crippen LogP) is 1.09. The standard InChI is InChI=1S/C19H30FN3O3S/c1-19(2,3)22-12-4-11-21-18(24)15-9-13-23(14-10-15)27(25,26)17-7-5-16(20)6-8-17/h5-8,15,22H,4,9-14H2,1-3H3,(H,21,24)/p+1. The average Bonchev–Trinajstić information content (AvgIpc) is 2.61. The number of nitrogens with zero attached hydrogens (tertiary/aromatic N) is 1. The van der Waals surface area contributed by atoms with E-state index in [0.717, 1.165) is 25.1 Å². The van der Waals surface area contributed by atoms with Crippen LogP contribution in [0.2, 0.25) is 0 Å². The number of sulfonamides is 1. The van der Waals surface area contributed by atoms with Crippen molar-refractivity contribution in [3.63, 3.8) is 0 Å². The van der Waals surface area contributed by atoms with Crippen molar-refractivity contribution in [1.82, 2.24) is 9.62 Å². The Balaban J connectivity index is 1.77. The van der Waals surface area contributed by atoms with E-state index in [0.29, 0.717) is 32.5 Å². The van der Waals surface area contributed by atoms with Crippen LogP contribution < -0.4 is 10.6 Å². The van der Waals surface area contributed by atoms with Gasteiger partial charge in [-0.1, -0.05) is 0 Å². The summed E-state index contributed by atoms with van der Waals surface area (Å²) in [5.41, 5.74) is 0.187. The van der Waals surface area contributed by atoms with Gasteiger partial charge in [-0.15, -0.1) is 0 Å². The molecular weight excluding hydrogens is 369 g/mol. The number of nitrogens with two attached hydrogens (primary N) is 1. The van der Waals surface area contributed by atoms with E-state index < -0.39 is 15.8 Å². The van der Waals surface area contributed by atoms with Crippen molar-refractivity contribution in [2.75, 3.05) is 26.2 Å². The highest BCUT2D eigenvalue weighted by Gasteiger charge is 2.32. The third-order valence-corrected chi connectivity index (χ3v) is 6.63. The first-order chi connectivity index (χ1) is 12.6. The molecule has 1 amide bonds. The normalized spacial score (nSPS) is 17.0. The number of carbonyl (C=O) groups excluding carboxylic acids is 1. The lowest BCUT2D eigenvalue weighted by Gasteiger charge is -2.30. The van der Waals surface area contributed by atoms with Crippen LogP contribution in [0.5, 0.6) is 0 Å². The molecule has 2 rings (SSSR count). The van der Waals surface area contributed by atoms with Gasteiger partial charge in [0.05, 0.1) is 17.0 Å². The zero-order valence-electron chi connectivity index (χ0n) is 16.4. The van der Waals surface area contributed by atoms with Gasteiger partial charge in [-0.05, 0) is 57.9 Å². The van der Waals surface area contributed by atoms with Gasteiger partial charge in [0, 0.05) is 32.0 Å². The summed E-state index contributed by atoms with van der Waals surface area (Å²) in [5.74, 6) is -0.620. The fourth-order valence-corrected chi connectivity index (χ4v) is 4.58. The van der Waals surface area contributed by atoms with Crippen molar-refractivity contribution in [3.05, 3.63) is 30.1 Å². The van der Waals surface area contributed by atoms with Gasteiger partial charge in [0.15, 0.2) is 0 Å². The van der Waals surface area contributed by atoms with Crippen LogP contribution in [-0.4, -0.2) is 50.3 Å². The minimum absolute atomic E-state index is 0.00425. The maximum atomic E-state index is 13.0. The smallest absolute Gasteiger partial charge is 0.243 e. The van der Waals surface area contributed by atoms with E-state index in [-0.39, 0.29) is 22.3 Å². The summed E-state index contributed by atoms with van der Waals surface area (Å²) in [4.78, 5) is 12.4. The molecule has 1 aliphatic rings. The first-order valence-corrected chi connectivity index (χ1v) is 10.9. The molecule has 1 aromatic rings. The first kappa shape index (κ1) is 21.8. The van der Waals surface area contributed by atoms with E-state index in [1.807, 2.05) is 0 Å². The van der Waals surface area contributed by atoms with E-state index in [4.69, 9.17) is 0 Å². The van der Waals surface area contributed by atoms with Crippen LogP contribution >= 0.6 is 0 Å². The Hall–Kier alpha value is -1.51. The number of benzene rings is 1. The number of amides is 1. The number of nitrogens with one attached hydrogen (secondary N) is 1. The molecule has 0 bridgehead atoms. The van der Waals surface area contributed by atoms with Crippen LogP contribution in [0.25, 0.3) is 0 Å². The van der Waals surface area contributed by atoms with Crippen molar-refractivity contribution >= 4 is 15.9 Å². The SMILES string of the molecule is CC(C)(C)[NH2+]CCCNC(=O)C1CCN(S(=O)(=O)c2ccc(F)cc2)CC1. The molecule has 0 aromatic heterocycles. The maximum absolute atomic E-state index is 13.0. The third-order valence-electron chi connectivity index (χ3n) is 4.71. The molecule has 0 radical (unpaired) electrons. The van der Waals surface area contributed by atoms with Gasteiger partial charge >= 0.3 is 0 Å². The molecule has 3 N–H and O–H groups in total. The molecule has 0 spiro atoms. The number of piperidine rings is 1. The van der Waals surface area contributed by atoms with Crippen molar-refractivity contribution in [2.45, 2.75) is 50.5 Å². The highest BCUT2D eigenvalue weighted by atomic mass is 32.2. The van der Waals surface area contributed by atoms with Crippen molar-refractivity contribution < 1.29 is 22.9 Å². The molecule has 0 atom stereocenters. The first-order valence-electron chi connectivity index (χ1n) is 9.47. The highest BCUT2D eigenvalue weighted by Crippen LogP contribution is 2.24. The zero-order chi connectivity index (χ0) is 20.1. The summed E-state index contributed by atoms with van der Waals surface area (Å²) in [5, 5.41) is 5.21. The van der Waals surface area contributed by atoms with Gasteiger partial charge < -0.3 is 10.6 Å². The monoisotopic (exact) mass is 400 g/mol. The molecule has 152 valence electrons. The molecule has 1 aromatic carbocycles. The second-order valence-electron chi connectivity index (χ2n) is 8.14. The third kappa shape index (κ3) is 6.55. The van der Waals surface area contributed by atoms with Crippen LogP contribution in [0.1, 0.15) is 40.0 Å². The van der Waals surface area contributed by atoms with Crippen LogP contribution in [0, 0.1) is 11.7 Å². The Labute approximate surface area is 161 Å². The molecule has 0 unspecified atom stereocenters. The summed E-state index contributed by atoms with van der Waals surface area (Å²) in [7, 11) is -3.64. The Morgan fingerprint density at radius 3 is 2.37 bits per heavy atom. The summed E-state index contributed by atoms with van der Waals surface area (Å²) < 4.78 is 39.6. The fraction of sp³-hybridized carbons (Fsp3) is 0.632. The van der Waals surface area contributed by atoms with Gasteiger partial charge in [-0.25, -0.2) is 12.8 Å². The quantitative estimate of drug-likeness (QED) is 0.672. The van der Waals surface area contributed by atoms with E-state index in [2.05, 4.69) is 31.4 Å². The molecule has 0 saturated carbocycles. The van der Waals surface area contributed by atoms with Crippen molar-refractivity contribution in [2.24, 2.45) is 5.92 Å². The molecule has 1 fully saturated rings. The molecule has 27 heavy (non-hydrogen) atoms. The van der Waals surface area contributed by atoms with Crippen molar-refractivity contribution in [3.8, 4) is 0 Å². The maximum Gasteiger partial charge on any atom is 0.243 e. The lowest BCUT2D eigenvalue weighted by atomic mass is 9.97. The molecule has 1 aliphatic heterocycles. The zero-order valence-corrected chi connectivity index (χ0v) is 17.2. The lowest BCUT2D eigenvalue weighted by Crippen LogP contribution is -2.94. The molecular formula is C19H31FN3O3S+. The number of carbonyl (C=O) groups is 1. The van der Waals surface area contributed by atoms with E-state index >= 15 is 0 Å². The number of rotatable bonds is 7. The predicted molar refractivity (Wildman–Crippen MR) is 102 cm³/mol. The molecule has 1 saturated heterocycles. The van der Waals surface area contributed by atoms with Crippen LogP contribution in [0.4, 0.5) is 4.39 Å². The Morgan fingerprint density at radius 1 is 1.22 bits per heavy atom. The van der Waals surface area contributed by atoms with Gasteiger partial charge in [0.1, 0.15) is 5.82 Å². The van der Waals surface area contributed by atoms with Crippen molar-refractivity contribution in [1.29, 1.82) is 0 Å². The molecule has 1 heterocycles. The minimum Gasteiger partial charge on any atom is -0.356 e. The summed E-state index contributed by atoms with van der Waals surface area (Å²) in [6.07, 6.45) is 1.90. The summed E-state index contributed by atoms with van der Waals surface area (Å²) in [6, 6.07) is 4.84. The lowest BCUT2D eigenvalue weighted by molar-refractivity contribution is -0.717. The average molecular weight is 401 g/mol. The topological polar surface area (TPSA) is 83.1 Å². The van der Waals surface area contributed by atoms with Gasteiger partial charge in [-0.3, -0.25) is 4.79 Å². The van der Waals surface area contributed by atoms with E-state index in [1.165, 1.54) is 16.4 Å². The Kier molecular flexibility index (Phi) is 7.36. The number of hydrogen-bond acceptors (Lipinski definition) is 3. The summed E-state index contributed by atoms with van der Waals surface area (Å²) >= 11 is 0.